The van der Waals surface area contributed by atoms with Crippen molar-refractivity contribution in [3.8, 4) is 0 Å². The number of fused-ring (bicyclic) bond motifs is 1. The van der Waals surface area contributed by atoms with Gasteiger partial charge in [0.15, 0.2) is 5.65 Å². The molecule has 1 aromatic carbocycles. The molecule has 5 heteroatoms. The smallest absolute Gasteiger partial charge is 0.237 e. The molecule has 0 aliphatic heterocycles. The SMILES string of the molecule is Cc1cc2cccnc2n1S(=O)(=O)c1ccccc1. The molecule has 0 saturated carbocycles. The highest BCUT2D eigenvalue weighted by Crippen LogP contribution is 2.23. The fourth-order valence-electron chi connectivity index (χ4n) is 2.14. The quantitative estimate of drug-likeness (QED) is 0.720. The summed E-state index contributed by atoms with van der Waals surface area (Å²) >= 11 is 0. The van der Waals surface area contributed by atoms with Crippen molar-refractivity contribution in [2.45, 2.75) is 11.8 Å². The van der Waals surface area contributed by atoms with Crippen molar-refractivity contribution >= 4 is 21.1 Å². The third kappa shape index (κ3) is 1.82. The molecule has 2 heterocycles. The van der Waals surface area contributed by atoms with E-state index >= 15 is 0 Å². The Morgan fingerprint density at radius 3 is 2.53 bits per heavy atom. The Morgan fingerprint density at radius 1 is 1.05 bits per heavy atom. The third-order valence-corrected chi connectivity index (χ3v) is 4.78. The minimum absolute atomic E-state index is 0.265. The van der Waals surface area contributed by atoms with Crippen molar-refractivity contribution in [2.75, 3.05) is 0 Å². The molecule has 0 amide bonds. The van der Waals surface area contributed by atoms with Crippen LogP contribution in [0.25, 0.3) is 11.0 Å². The number of pyridine rings is 1. The summed E-state index contributed by atoms with van der Waals surface area (Å²) in [6.07, 6.45) is 1.60. The largest absolute Gasteiger partial charge is 0.269 e. The summed E-state index contributed by atoms with van der Waals surface area (Å²) in [6, 6.07) is 13.9. The number of aromatic nitrogens is 2. The van der Waals surface area contributed by atoms with E-state index in [4.69, 9.17) is 0 Å². The predicted octanol–water partition coefficient (Wildman–Crippen LogP) is 2.58. The first-order valence-corrected chi connectivity index (χ1v) is 7.28. The normalized spacial score (nSPS) is 11.8. The van der Waals surface area contributed by atoms with Crippen LogP contribution in [0.4, 0.5) is 0 Å². The second kappa shape index (κ2) is 4.20. The molecule has 4 nitrogen and oxygen atoms in total. The molecule has 2 aromatic heterocycles. The summed E-state index contributed by atoms with van der Waals surface area (Å²) in [5.74, 6) is 0. The maximum absolute atomic E-state index is 12.7. The number of hydrogen-bond donors (Lipinski definition) is 0. The van der Waals surface area contributed by atoms with Crippen LogP contribution in [0.15, 0.2) is 59.6 Å². The van der Waals surface area contributed by atoms with Gasteiger partial charge in [-0.15, -0.1) is 0 Å². The van der Waals surface area contributed by atoms with Gasteiger partial charge in [-0.2, -0.15) is 0 Å². The van der Waals surface area contributed by atoms with E-state index in [1.807, 2.05) is 12.1 Å². The van der Waals surface area contributed by atoms with Gasteiger partial charge in [0.2, 0.25) is 0 Å². The average Bonchev–Trinajstić information content (AvgIpc) is 2.76. The molecule has 0 fully saturated rings. The molecule has 0 N–H and O–H groups in total. The zero-order valence-electron chi connectivity index (χ0n) is 10.3. The van der Waals surface area contributed by atoms with Gasteiger partial charge in [0.25, 0.3) is 10.0 Å². The summed E-state index contributed by atoms with van der Waals surface area (Å²) in [5.41, 5.74) is 1.11. The molecule has 3 rings (SSSR count). The Morgan fingerprint density at radius 2 is 1.79 bits per heavy atom. The van der Waals surface area contributed by atoms with Crippen LogP contribution in [-0.2, 0) is 10.0 Å². The van der Waals surface area contributed by atoms with Gasteiger partial charge in [0.1, 0.15) is 0 Å². The fraction of sp³-hybridized carbons (Fsp3) is 0.0714. The van der Waals surface area contributed by atoms with E-state index in [0.717, 1.165) is 5.39 Å². The standard InChI is InChI=1S/C14H12N2O2S/c1-11-10-12-6-5-9-15-14(12)16(11)19(17,18)13-7-3-2-4-8-13/h2-10H,1H3. The topological polar surface area (TPSA) is 52.0 Å². The third-order valence-electron chi connectivity index (χ3n) is 2.98. The Labute approximate surface area is 111 Å². The van der Waals surface area contributed by atoms with Crippen molar-refractivity contribution in [1.29, 1.82) is 0 Å². The first kappa shape index (κ1) is 11.9. The second-order valence-electron chi connectivity index (χ2n) is 4.28. The van der Waals surface area contributed by atoms with Crippen molar-refractivity contribution in [3.63, 3.8) is 0 Å². The minimum atomic E-state index is -3.60. The van der Waals surface area contributed by atoms with Gasteiger partial charge in [0.05, 0.1) is 4.90 Å². The summed E-state index contributed by atoms with van der Waals surface area (Å²) < 4.78 is 26.6. The van der Waals surface area contributed by atoms with Crippen LogP contribution in [0.3, 0.4) is 0 Å². The predicted molar refractivity (Wildman–Crippen MR) is 73.5 cm³/mol. The summed E-state index contributed by atoms with van der Waals surface area (Å²) in [7, 11) is -3.60. The van der Waals surface area contributed by atoms with Gasteiger partial charge in [-0.05, 0) is 37.3 Å². The summed E-state index contributed by atoms with van der Waals surface area (Å²) in [6.45, 7) is 1.77. The molecule has 0 spiro atoms. The number of aryl methyl sites for hydroxylation is 1. The number of benzene rings is 1. The van der Waals surface area contributed by atoms with E-state index in [9.17, 15) is 8.42 Å². The maximum atomic E-state index is 12.7. The lowest BCUT2D eigenvalue weighted by Crippen LogP contribution is -2.14. The minimum Gasteiger partial charge on any atom is -0.237 e. The van der Waals surface area contributed by atoms with Crippen molar-refractivity contribution < 1.29 is 8.42 Å². The van der Waals surface area contributed by atoms with Crippen LogP contribution >= 0.6 is 0 Å². The lowest BCUT2D eigenvalue weighted by molar-refractivity contribution is 0.587. The van der Waals surface area contributed by atoms with Gasteiger partial charge in [-0.25, -0.2) is 17.4 Å². The molecule has 0 aliphatic carbocycles. The highest BCUT2D eigenvalue weighted by Gasteiger charge is 2.21. The Hall–Kier alpha value is -2.14. The molecule has 3 aromatic rings. The molecule has 0 atom stereocenters. The summed E-state index contributed by atoms with van der Waals surface area (Å²) in [5, 5.41) is 0.819. The second-order valence-corrected chi connectivity index (χ2v) is 6.07. The van der Waals surface area contributed by atoms with Crippen LogP contribution in [0.1, 0.15) is 5.69 Å². The molecule has 0 saturated heterocycles. The molecule has 96 valence electrons. The fourth-order valence-corrected chi connectivity index (χ4v) is 3.67. The molecule has 0 bridgehead atoms. The zero-order valence-corrected chi connectivity index (χ0v) is 11.1. The molecule has 0 unspecified atom stereocenters. The summed E-state index contributed by atoms with van der Waals surface area (Å²) in [4.78, 5) is 4.44. The maximum Gasteiger partial charge on any atom is 0.269 e. The molecular weight excluding hydrogens is 260 g/mol. The molecule has 0 aliphatic rings. The van der Waals surface area contributed by atoms with Crippen LogP contribution in [0, 0.1) is 6.92 Å². The van der Waals surface area contributed by atoms with Gasteiger partial charge in [-0.3, -0.25) is 0 Å². The number of nitrogens with zero attached hydrogens (tertiary/aromatic N) is 2. The van der Waals surface area contributed by atoms with Crippen LogP contribution in [0.2, 0.25) is 0 Å². The van der Waals surface area contributed by atoms with E-state index in [2.05, 4.69) is 4.98 Å². The Kier molecular flexibility index (Phi) is 2.64. The van der Waals surface area contributed by atoms with Crippen molar-refractivity contribution in [1.82, 2.24) is 8.96 Å². The molecular formula is C14H12N2O2S. The molecule has 19 heavy (non-hydrogen) atoms. The zero-order chi connectivity index (χ0) is 13.5. The highest BCUT2D eigenvalue weighted by molar-refractivity contribution is 7.90. The highest BCUT2D eigenvalue weighted by atomic mass is 32.2. The van der Waals surface area contributed by atoms with E-state index in [1.54, 1.807) is 49.5 Å². The Bertz CT molecular complexity index is 836. The molecule has 0 radical (unpaired) electrons. The van der Waals surface area contributed by atoms with Crippen LogP contribution < -0.4 is 0 Å². The number of rotatable bonds is 2. The first-order chi connectivity index (χ1) is 9.10. The van der Waals surface area contributed by atoms with Crippen LogP contribution in [-0.4, -0.2) is 17.4 Å². The van der Waals surface area contributed by atoms with Gasteiger partial charge < -0.3 is 0 Å². The van der Waals surface area contributed by atoms with E-state index < -0.39 is 10.0 Å². The average molecular weight is 272 g/mol. The lowest BCUT2D eigenvalue weighted by Gasteiger charge is -2.08. The first-order valence-electron chi connectivity index (χ1n) is 5.84. The van der Waals surface area contributed by atoms with Gasteiger partial charge in [0, 0.05) is 17.3 Å². The monoisotopic (exact) mass is 272 g/mol. The van der Waals surface area contributed by atoms with Crippen molar-refractivity contribution in [2.24, 2.45) is 0 Å². The van der Waals surface area contributed by atoms with Gasteiger partial charge in [-0.1, -0.05) is 18.2 Å². The van der Waals surface area contributed by atoms with E-state index in [-0.39, 0.29) is 4.90 Å². The van der Waals surface area contributed by atoms with Crippen molar-refractivity contribution in [3.05, 3.63) is 60.4 Å². The lowest BCUT2D eigenvalue weighted by atomic mass is 10.3. The Balaban J connectivity index is 2.34. The number of hydrogen-bond acceptors (Lipinski definition) is 3. The van der Waals surface area contributed by atoms with Gasteiger partial charge >= 0.3 is 0 Å². The van der Waals surface area contributed by atoms with Crippen LogP contribution in [0.5, 0.6) is 0 Å². The van der Waals surface area contributed by atoms with E-state index in [1.165, 1.54) is 3.97 Å². The van der Waals surface area contributed by atoms with E-state index in [0.29, 0.717) is 11.3 Å².